The fourth-order valence-electron chi connectivity index (χ4n) is 2.22. The van der Waals surface area contributed by atoms with Gasteiger partial charge in [0.15, 0.2) is 11.9 Å². The Hall–Kier alpha value is -1.47. The Morgan fingerprint density at radius 1 is 1.13 bits per heavy atom. The third-order valence-electron chi connectivity index (χ3n) is 3.55. The van der Waals surface area contributed by atoms with Gasteiger partial charge in [-0.05, 0) is 0 Å². The molecule has 0 amide bonds. The molecule has 11 nitrogen and oxygen atoms in total. The maximum atomic E-state index is 11.3. The minimum absolute atomic E-state index is 0.610. The summed E-state index contributed by atoms with van der Waals surface area (Å²) in [5.74, 6) is -2.83. The van der Waals surface area contributed by atoms with E-state index in [1.165, 1.54) is 0 Å². The van der Waals surface area contributed by atoms with Crippen LogP contribution in [-0.4, -0.2) is 97.8 Å². The van der Waals surface area contributed by atoms with E-state index < -0.39 is 73.6 Å². The lowest BCUT2D eigenvalue weighted by Crippen LogP contribution is -2.59. The van der Waals surface area contributed by atoms with Gasteiger partial charge in [0.1, 0.15) is 30.5 Å². The van der Waals surface area contributed by atoms with Crippen LogP contribution in [0.5, 0.6) is 0 Å². The van der Waals surface area contributed by atoms with E-state index in [1.54, 1.807) is 0 Å². The summed E-state index contributed by atoms with van der Waals surface area (Å²) in [7, 11) is 0. The van der Waals surface area contributed by atoms with Gasteiger partial charge >= 0.3 is 5.97 Å². The van der Waals surface area contributed by atoms with Crippen LogP contribution in [-0.2, 0) is 19.0 Å². The standard InChI is InChI=1S/C12H18O11/c13-1-3(15)9-10(8(19)11(20)22-9)23-12-7(18)6(17)5(16)4(2-14)21-12/h3-7,9,12-19H,1-2H2/t3-,4+,5-,6-,7+,9+,12-/m0/s1. The molecular weight excluding hydrogens is 320 g/mol. The first-order chi connectivity index (χ1) is 10.8. The largest absolute Gasteiger partial charge is 0.499 e. The van der Waals surface area contributed by atoms with E-state index in [2.05, 4.69) is 4.74 Å². The molecule has 1 saturated heterocycles. The first kappa shape index (κ1) is 17.9. The monoisotopic (exact) mass is 338 g/mol. The van der Waals surface area contributed by atoms with Crippen molar-refractivity contribution in [3.05, 3.63) is 11.5 Å². The van der Waals surface area contributed by atoms with Crippen molar-refractivity contribution in [2.75, 3.05) is 13.2 Å². The zero-order valence-electron chi connectivity index (χ0n) is 11.7. The van der Waals surface area contributed by atoms with E-state index in [9.17, 15) is 30.3 Å². The van der Waals surface area contributed by atoms with E-state index in [-0.39, 0.29) is 0 Å². The van der Waals surface area contributed by atoms with Crippen LogP contribution in [0.25, 0.3) is 0 Å². The van der Waals surface area contributed by atoms with E-state index >= 15 is 0 Å². The van der Waals surface area contributed by atoms with E-state index in [0.29, 0.717) is 0 Å². The minimum Gasteiger partial charge on any atom is -0.499 e. The van der Waals surface area contributed by atoms with Gasteiger partial charge in [0.25, 0.3) is 0 Å². The smallest absolute Gasteiger partial charge is 0.378 e. The van der Waals surface area contributed by atoms with E-state index in [4.69, 9.17) is 19.7 Å². The minimum atomic E-state index is -1.78. The average Bonchev–Trinajstić information content (AvgIpc) is 2.82. The molecule has 2 aliphatic heterocycles. The maximum Gasteiger partial charge on any atom is 0.378 e. The number of esters is 1. The predicted octanol–water partition coefficient (Wildman–Crippen LogP) is -4.15. The van der Waals surface area contributed by atoms with Gasteiger partial charge in [0.05, 0.1) is 13.2 Å². The highest BCUT2D eigenvalue weighted by Crippen LogP contribution is 2.30. The van der Waals surface area contributed by atoms with Crippen LogP contribution in [0.3, 0.4) is 0 Å². The molecule has 132 valence electrons. The molecule has 2 rings (SSSR count). The van der Waals surface area contributed by atoms with Crippen molar-refractivity contribution >= 4 is 5.97 Å². The molecule has 0 radical (unpaired) electrons. The Morgan fingerprint density at radius 2 is 1.78 bits per heavy atom. The quantitative estimate of drug-likeness (QED) is 0.241. The Balaban J connectivity index is 2.20. The molecule has 0 aromatic heterocycles. The molecule has 1 fully saturated rings. The highest BCUT2D eigenvalue weighted by molar-refractivity contribution is 5.89. The van der Waals surface area contributed by atoms with Crippen molar-refractivity contribution < 1.29 is 54.8 Å². The Labute approximate surface area is 129 Å². The molecule has 0 aliphatic carbocycles. The van der Waals surface area contributed by atoms with Crippen LogP contribution >= 0.6 is 0 Å². The van der Waals surface area contributed by atoms with Gasteiger partial charge < -0.3 is 50.0 Å². The first-order valence-electron chi connectivity index (χ1n) is 6.72. The zero-order valence-corrected chi connectivity index (χ0v) is 11.7. The molecule has 11 heteroatoms. The van der Waals surface area contributed by atoms with Gasteiger partial charge in [-0.25, -0.2) is 4.79 Å². The van der Waals surface area contributed by atoms with Crippen molar-refractivity contribution in [2.45, 2.75) is 42.9 Å². The lowest BCUT2D eigenvalue weighted by Gasteiger charge is -2.40. The summed E-state index contributed by atoms with van der Waals surface area (Å²) < 4.78 is 14.8. The summed E-state index contributed by atoms with van der Waals surface area (Å²) in [6.07, 6.45) is -11.2. The van der Waals surface area contributed by atoms with Gasteiger partial charge in [-0.1, -0.05) is 0 Å². The van der Waals surface area contributed by atoms with Crippen molar-refractivity contribution in [1.82, 2.24) is 0 Å². The Morgan fingerprint density at radius 3 is 2.35 bits per heavy atom. The summed E-state index contributed by atoms with van der Waals surface area (Å²) in [6.45, 7) is -1.51. The average molecular weight is 338 g/mol. The summed E-state index contributed by atoms with van der Waals surface area (Å²) in [5.41, 5.74) is 0. The van der Waals surface area contributed by atoms with Crippen molar-refractivity contribution in [3.8, 4) is 0 Å². The van der Waals surface area contributed by atoms with Crippen LogP contribution in [0.2, 0.25) is 0 Å². The zero-order chi connectivity index (χ0) is 17.3. The molecular formula is C12H18O11. The summed E-state index contributed by atoms with van der Waals surface area (Å²) in [6, 6.07) is 0. The molecule has 0 aromatic rings. The molecule has 2 heterocycles. The van der Waals surface area contributed by atoms with Crippen molar-refractivity contribution in [3.63, 3.8) is 0 Å². The number of hydrogen-bond donors (Lipinski definition) is 7. The van der Waals surface area contributed by atoms with Gasteiger partial charge in [0, 0.05) is 0 Å². The first-order valence-corrected chi connectivity index (χ1v) is 6.72. The topological polar surface area (TPSA) is 186 Å². The molecule has 7 N–H and O–H groups in total. The van der Waals surface area contributed by atoms with Crippen molar-refractivity contribution in [1.29, 1.82) is 0 Å². The number of rotatable bonds is 5. The van der Waals surface area contributed by atoms with Gasteiger partial charge in [-0.15, -0.1) is 0 Å². The number of aliphatic hydroxyl groups excluding tert-OH is 7. The fraction of sp³-hybridized carbons (Fsp3) is 0.750. The Kier molecular flexibility index (Phi) is 5.41. The van der Waals surface area contributed by atoms with Crippen LogP contribution in [0.1, 0.15) is 0 Å². The fourth-order valence-corrected chi connectivity index (χ4v) is 2.22. The summed E-state index contributed by atoms with van der Waals surface area (Å²) >= 11 is 0. The SMILES string of the molecule is O=C1O[C@H]([C@@H](O)CO)C(O[C@@H]2O[C@H](CO)[C@H](O)[C@H](O)[C@H]2O)=C1O. The lowest BCUT2D eigenvalue weighted by molar-refractivity contribution is -0.294. The molecule has 0 spiro atoms. The summed E-state index contributed by atoms with van der Waals surface area (Å²) in [4.78, 5) is 11.3. The molecule has 0 unspecified atom stereocenters. The molecule has 2 aliphatic rings. The van der Waals surface area contributed by atoms with Gasteiger partial charge in [0.2, 0.25) is 12.0 Å². The molecule has 23 heavy (non-hydrogen) atoms. The number of carbonyl (C=O) groups is 1. The summed E-state index contributed by atoms with van der Waals surface area (Å²) in [5, 5.41) is 66.3. The number of carbonyl (C=O) groups excluding carboxylic acids is 1. The molecule has 0 saturated carbocycles. The number of cyclic esters (lactones) is 1. The van der Waals surface area contributed by atoms with E-state index in [1.807, 2.05) is 0 Å². The predicted molar refractivity (Wildman–Crippen MR) is 67.5 cm³/mol. The third kappa shape index (κ3) is 3.26. The molecule has 7 atom stereocenters. The van der Waals surface area contributed by atoms with Crippen LogP contribution in [0, 0.1) is 0 Å². The maximum absolute atomic E-state index is 11.3. The molecule has 0 bridgehead atoms. The van der Waals surface area contributed by atoms with Crippen molar-refractivity contribution in [2.24, 2.45) is 0 Å². The number of aliphatic hydroxyl groups is 7. The molecule has 0 aromatic carbocycles. The number of ether oxygens (including phenoxy) is 3. The van der Waals surface area contributed by atoms with Crippen LogP contribution < -0.4 is 0 Å². The Bertz CT molecular complexity index is 476. The second-order valence-corrected chi connectivity index (χ2v) is 5.10. The van der Waals surface area contributed by atoms with Gasteiger partial charge in [-0.3, -0.25) is 0 Å². The highest BCUT2D eigenvalue weighted by atomic mass is 16.7. The van der Waals surface area contributed by atoms with E-state index in [0.717, 1.165) is 0 Å². The lowest BCUT2D eigenvalue weighted by atomic mass is 9.99. The second-order valence-electron chi connectivity index (χ2n) is 5.10. The third-order valence-corrected chi connectivity index (χ3v) is 3.55. The highest BCUT2D eigenvalue weighted by Gasteiger charge is 2.48. The normalized spacial score (nSPS) is 39.3. The van der Waals surface area contributed by atoms with Crippen LogP contribution in [0.15, 0.2) is 11.5 Å². The second kappa shape index (κ2) is 6.97. The van der Waals surface area contributed by atoms with Gasteiger partial charge in [-0.2, -0.15) is 0 Å². The number of hydrogen-bond acceptors (Lipinski definition) is 11. The van der Waals surface area contributed by atoms with Crippen LogP contribution in [0.4, 0.5) is 0 Å².